The molecule has 2 rings (SSSR count). The summed E-state index contributed by atoms with van der Waals surface area (Å²) in [5, 5.41) is 2.82. The maximum Gasteiger partial charge on any atom is 0.318 e. The Morgan fingerprint density at radius 1 is 1.26 bits per heavy atom. The van der Waals surface area contributed by atoms with Gasteiger partial charge in [0.25, 0.3) is 0 Å². The number of hydrogen-bond acceptors (Lipinski definition) is 4. The molecular weight excluding hydrogens is 245 g/mol. The minimum Gasteiger partial charge on any atom is -0.459 e. The molecule has 0 aliphatic heterocycles. The Balaban J connectivity index is 2.03. The molecule has 5 heteroatoms. The van der Waals surface area contributed by atoms with E-state index in [4.69, 9.17) is 4.74 Å². The fraction of sp³-hybridized carbons (Fsp3) is 0.286. The number of benzene rings is 1. The smallest absolute Gasteiger partial charge is 0.318 e. The van der Waals surface area contributed by atoms with E-state index >= 15 is 0 Å². The molecule has 0 radical (unpaired) electrons. The van der Waals surface area contributed by atoms with Gasteiger partial charge in [0, 0.05) is 6.54 Å². The highest BCUT2D eigenvalue weighted by molar-refractivity contribution is 5.35. The van der Waals surface area contributed by atoms with Gasteiger partial charge in [-0.3, -0.25) is 0 Å². The third-order valence-corrected chi connectivity index (χ3v) is 2.55. The van der Waals surface area contributed by atoms with Crippen molar-refractivity contribution in [2.24, 2.45) is 0 Å². The molecule has 19 heavy (non-hydrogen) atoms. The van der Waals surface area contributed by atoms with Crippen LogP contribution in [0.3, 0.4) is 0 Å². The maximum absolute atomic E-state index is 13.3. The maximum atomic E-state index is 13.3. The van der Waals surface area contributed by atoms with Gasteiger partial charge in [-0.25, -0.2) is 9.37 Å². The Bertz CT molecular complexity index is 543. The molecule has 0 spiro atoms. The van der Waals surface area contributed by atoms with Crippen molar-refractivity contribution in [3.63, 3.8) is 0 Å². The summed E-state index contributed by atoms with van der Waals surface area (Å²) in [6, 6.07) is 8.13. The summed E-state index contributed by atoms with van der Waals surface area (Å²) in [7, 11) is 0. The summed E-state index contributed by atoms with van der Waals surface area (Å²) in [6.45, 7) is 4.84. The van der Waals surface area contributed by atoms with Crippen LogP contribution >= 0.6 is 0 Å². The molecule has 1 aromatic heterocycles. The summed E-state index contributed by atoms with van der Waals surface area (Å²) in [5.74, 6) is -0.319. The zero-order valence-electron chi connectivity index (χ0n) is 11.0. The molecule has 0 aliphatic rings. The molecule has 1 aromatic carbocycles. The Hall–Kier alpha value is -2.17. The lowest BCUT2D eigenvalue weighted by Crippen LogP contribution is -2.06. The first-order valence-electron chi connectivity index (χ1n) is 6.14. The minimum absolute atomic E-state index is 0.163. The summed E-state index contributed by atoms with van der Waals surface area (Å²) >= 11 is 0. The number of ether oxygens (including phenoxy) is 1. The van der Waals surface area contributed by atoms with Crippen molar-refractivity contribution in [2.75, 3.05) is 11.9 Å². The van der Waals surface area contributed by atoms with Crippen LogP contribution in [0.2, 0.25) is 0 Å². The monoisotopic (exact) mass is 261 g/mol. The quantitative estimate of drug-likeness (QED) is 0.899. The molecule has 100 valence electrons. The van der Waals surface area contributed by atoms with Gasteiger partial charge < -0.3 is 10.1 Å². The molecule has 0 saturated carbocycles. The SMILES string of the molecule is CCNc1nc(OCc2ccc(C)cc2)ncc1F. The van der Waals surface area contributed by atoms with E-state index in [0.717, 1.165) is 11.8 Å². The fourth-order valence-corrected chi connectivity index (χ4v) is 1.54. The van der Waals surface area contributed by atoms with E-state index in [-0.39, 0.29) is 11.8 Å². The van der Waals surface area contributed by atoms with Gasteiger partial charge in [-0.2, -0.15) is 4.98 Å². The molecule has 0 saturated heterocycles. The average Bonchev–Trinajstić information content (AvgIpc) is 2.42. The van der Waals surface area contributed by atoms with E-state index in [1.807, 2.05) is 38.1 Å². The van der Waals surface area contributed by atoms with E-state index < -0.39 is 5.82 Å². The lowest BCUT2D eigenvalue weighted by Gasteiger charge is -2.07. The highest BCUT2D eigenvalue weighted by Gasteiger charge is 2.06. The molecule has 0 aliphatic carbocycles. The molecule has 4 nitrogen and oxygen atoms in total. The standard InChI is InChI=1S/C14H16FN3O/c1-3-16-13-12(15)8-17-14(18-13)19-9-11-6-4-10(2)5-7-11/h4-8H,3,9H2,1-2H3,(H,16,17,18). The minimum atomic E-state index is -0.482. The first-order chi connectivity index (χ1) is 9.19. The second-order valence-electron chi connectivity index (χ2n) is 4.15. The van der Waals surface area contributed by atoms with E-state index in [9.17, 15) is 4.39 Å². The number of aryl methyl sites for hydroxylation is 1. The Morgan fingerprint density at radius 3 is 2.68 bits per heavy atom. The third kappa shape index (κ3) is 3.64. The van der Waals surface area contributed by atoms with E-state index in [0.29, 0.717) is 13.2 Å². The first kappa shape index (κ1) is 13.3. The second kappa shape index (κ2) is 6.13. The van der Waals surface area contributed by atoms with Crippen LogP contribution in [0.1, 0.15) is 18.1 Å². The largest absolute Gasteiger partial charge is 0.459 e. The zero-order valence-corrected chi connectivity index (χ0v) is 11.0. The molecule has 0 unspecified atom stereocenters. The summed E-state index contributed by atoms with van der Waals surface area (Å²) < 4.78 is 18.8. The zero-order chi connectivity index (χ0) is 13.7. The molecule has 0 amide bonds. The van der Waals surface area contributed by atoms with Crippen LogP contribution in [-0.2, 0) is 6.61 Å². The van der Waals surface area contributed by atoms with E-state index in [1.54, 1.807) is 0 Å². The molecule has 1 N–H and O–H groups in total. The molecule has 0 bridgehead atoms. The molecule has 2 aromatic rings. The van der Waals surface area contributed by atoms with Gasteiger partial charge in [0.2, 0.25) is 0 Å². The number of anilines is 1. The van der Waals surface area contributed by atoms with Crippen LogP contribution in [0.25, 0.3) is 0 Å². The third-order valence-electron chi connectivity index (χ3n) is 2.55. The van der Waals surface area contributed by atoms with E-state index in [2.05, 4.69) is 15.3 Å². The van der Waals surface area contributed by atoms with Crippen molar-refractivity contribution in [3.8, 4) is 6.01 Å². The van der Waals surface area contributed by atoms with Gasteiger partial charge >= 0.3 is 6.01 Å². The van der Waals surface area contributed by atoms with Gasteiger partial charge in [-0.15, -0.1) is 0 Å². The fourth-order valence-electron chi connectivity index (χ4n) is 1.54. The Labute approximate surface area is 111 Å². The summed E-state index contributed by atoms with van der Waals surface area (Å²) in [6.07, 6.45) is 1.11. The van der Waals surface area contributed by atoms with Gasteiger partial charge in [0.1, 0.15) is 6.61 Å². The Kier molecular flexibility index (Phi) is 4.28. The summed E-state index contributed by atoms with van der Waals surface area (Å²) in [5.41, 5.74) is 2.21. The average molecular weight is 261 g/mol. The number of nitrogens with one attached hydrogen (secondary N) is 1. The Morgan fingerprint density at radius 2 is 2.00 bits per heavy atom. The lowest BCUT2D eigenvalue weighted by molar-refractivity contribution is 0.280. The second-order valence-corrected chi connectivity index (χ2v) is 4.15. The normalized spacial score (nSPS) is 10.3. The van der Waals surface area contributed by atoms with Crippen molar-refractivity contribution in [2.45, 2.75) is 20.5 Å². The first-order valence-corrected chi connectivity index (χ1v) is 6.14. The summed E-state index contributed by atoms with van der Waals surface area (Å²) in [4.78, 5) is 7.78. The highest BCUT2D eigenvalue weighted by Crippen LogP contribution is 2.14. The highest BCUT2D eigenvalue weighted by atomic mass is 19.1. The van der Waals surface area contributed by atoms with Crippen molar-refractivity contribution in [3.05, 3.63) is 47.4 Å². The van der Waals surface area contributed by atoms with Crippen molar-refractivity contribution >= 4 is 5.82 Å². The molecule has 0 fully saturated rings. The predicted molar refractivity (Wildman–Crippen MR) is 71.7 cm³/mol. The number of nitrogens with zero attached hydrogens (tertiary/aromatic N) is 2. The number of aromatic nitrogens is 2. The number of hydrogen-bond donors (Lipinski definition) is 1. The van der Waals surface area contributed by atoms with Crippen LogP contribution in [0.15, 0.2) is 30.5 Å². The predicted octanol–water partition coefficient (Wildman–Crippen LogP) is 2.93. The van der Waals surface area contributed by atoms with Gasteiger partial charge in [-0.05, 0) is 19.4 Å². The number of halogens is 1. The number of rotatable bonds is 5. The van der Waals surface area contributed by atoms with Crippen LogP contribution in [0.4, 0.5) is 10.2 Å². The molecule has 1 heterocycles. The van der Waals surface area contributed by atoms with Crippen LogP contribution in [0, 0.1) is 12.7 Å². The topological polar surface area (TPSA) is 47.0 Å². The van der Waals surface area contributed by atoms with Crippen LogP contribution in [0.5, 0.6) is 6.01 Å². The molecular formula is C14H16FN3O. The van der Waals surface area contributed by atoms with E-state index in [1.165, 1.54) is 5.56 Å². The van der Waals surface area contributed by atoms with Gasteiger partial charge in [0.15, 0.2) is 11.6 Å². The van der Waals surface area contributed by atoms with Gasteiger partial charge in [-0.1, -0.05) is 29.8 Å². The van der Waals surface area contributed by atoms with Gasteiger partial charge in [0.05, 0.1) is 6.20 Å². The van der Waals surface area contributed by atoms with Crippen molar-refractivity contribution < 1.29 is 9.13 Å². The van der Waals surface area contributed by atoms with Crippen LogP contribution < -0.4 is 10.1 Å². The van der Waals surface area contributed by atoms with Crippen molar-refractivity contribution in [1.82, 2.24) is 9.97 Å². The lowest BCUT2D eigenvalue weighted by atomic mass is 10.2. The van der Waals surface area contributed by atoms with Crippen molar-refractivity contribution in [1.29, 1.82) is 0 Å². The van der Waals surface area contributed by atoms with Crippen LogP contribution in [-0.4, -0.2) is 16.5 Å². The molecule has 0 atom stereocenters.